The van der Waals surface area contributed by atoms with Gasteiger partial charge in [-0.25, -0.2) is 0 Å². The van der Waals surface area contributed by atoms with Crippen molar-refractivity contribution in [3.8, 4) is 28.6 Å². The SMILES string of the molecule is Clc1ccc2c(c1)-n1c(-c3cccnc3)nnc1-c1cccn1C2. The van der Waals surface area contributed by atoms with Crippen molar-refractivity contribution in [1.82, 2.24) is 24.3 Å². The van der Waals surface area contributed by atoms with E-state index in [0.717, 1.165) is 35.1 Å². The molecule has 24 heavy (non-hydrogen) atoms. The number of benzene rings is 1. The lowest BCUT2D eigenvalue weighted by Crippen LogP contribution is -2.02. The van der Waals surface area contributed by atoms with E-state index in [9.17, 15) is 0 Å². The summed E-state index contributed by atoms with van der Waals surface area (Å²) >= 11 is 6.27. The Kier molecular flexibility index (Phi) is 2.84. The molecule has 0 atom stereocenters. The van der Waals surface area contributed by atoms with Gasteiger partial charge in [-0.1, -0.05) is 17.7 Å². The summed E-state index contributed by atoms with van der Waals surface area (Å²) in [4.78, 5) is 4.21. The van der Waals surface area contributed by atoms with Crippen LogP contribution in [0.25, 0.3) is 28.6 Å². The molecule has 116 valence electrons. The predicted molar refractivity (Wildman–Crippen MR) is 92.1 cm³/mol. The maximum atomic E-state index is 6.27. The molecule has 4 heterocycles. The second kappa shape index (κ2) is 5.04. The van der Waals surface area contributed by atoms with Gasteiger partial charge < -0.3 is 4.57 Å². The van der Waals surface area contributed by atoms with Gasteiger partial charge in [-0.15, -0.1) is 10.2 Å². The first-order valence-corrected chi connectivity index (χ1v) is 7.99. The second-order valence-corrected chi connectivity index (χ2v) is 6.16. The van der Waals surface area contributed by atoms with Gasteiger partial charge in [-0.05, 0) is 42.0 Å². The van der Waals surface area contributed by atoms with E-state index in [0.29, 0.717) is 5.02 Å². The fourth-order valence-electron chi connectivity index (χ4n) is 3.18. The molecular formula is C18H12ClN5. The molecule has 0 aliphatic carbocycles. The molecule has 4 aromatic rings. The molecule has 5 nitrogen and oxygen atoms in total. The molecule has 6 heteroatoms. The van der Waals surface area contributed by atoms with E-state index in [-0.39, 0.29) is 0 Å². The van der Waals surface area contributed by atoms with Crippen LogP contribution in [0.5, 0.6) is 0 Å². The zero-order valence-corrected chi connectivity index (χ0v) is 13.4. The summed E-state index contributed by atoms with van der Waals surface area (Å²) in [6, 6.07) is 13.9. The van der Waals surface area contributed by atoms with Crippen LogP contribution in [-0.4, -0.2) is 24.3 Å². The van der Waals surface area contributed by atoms with Crippen LogP contribution in [0.1, 0.15) is 5.56 Å². The zero-order chi connectivity index (χ0) is 16.1. The van der Waals surface area contributed by atoms with Gasteiger partial charge in [0.05, 0.1) is 11.4 Å². The van der Waals surface area contributed by atoms with Gasteiger partial charge in [0, 0.05) is 35.7 Å². The summed E-state index contributed by atoms with van der Waals surface area (Å²) in [6.45, 7) is 0.769. The van der Waals surface area contributed by atoms with Crippen molar-refractivity contribution in [3.05, 3.63) is 71.6 Å². The van der Waals surface area contributed by atoms with Crippen molar-refractivity contribution in [2.45, 2.75) is 6.54 Å². The van der Waals surface area contributed by atoms with Crippen LogP contribution in [0.3, 0.4) is 0 Å². The van der Waals surface area contributed by atoms with Crippen molar-refractivity contribution in [3.63, 3.8) is 0 Å². The monoisotopic (exact) mass is 333 g/mol. The summed E-state index contributed by atoms with van der Waals surface area (Å²) in [6.07, 6.45) is 5.60. The third-order valence-electron chi connectivity index (χ3n) is 4.27. The van der Waals surface area contributed by atoms with Crippen molar-refractivity contribution in [1.29, 1.82) is 0 Å². The lowest BCUT2D eigenvalue weighted by atomic mass is 10.1. The second-order valence-electron chi connectivity index (χ2n) is 5.72. The van der Waals surface area contributed by atoms with Crippen LogP contribution in [0, 0.1) is 0 Å². The summed E-state index contributed by atoms with van der Waals surface area (Å²) in [5.41, 5.74) is 4.12. The molecule has 5 rings (SSSR count). The number of nitrogens with zero attached hydrogens (tertiary/aromatic N) is 5. The number of fused-ring (bicyclic) bond motifs is 5. The highest BCUT2D eigenvalue weighted by molar-refractivity contribution is 6.30. The molecule has 1 aromatic carbocycles. The van der Waals surface area contributed by atoms with Gasteiger partial charge in [-0.2, -0.15) is 0 Å². The highest BCUT2D eigenvalue weighted by atomic mass is 35.5. The Bertz CT molecular complexity index is 1050. The van der Waals surface area contributed by atoms with Gasteiger partial charge in [0.15, 0.2) is 11.6 Å². The Morgan fingerprint density at radius 2 is 1.92 bits per heavy atom. The molecule has 1 aliphatic rings. The lowest BCUT2D eigenvalue weighted by Gasteiger charge is -2.12. The smallest absolute Gasteiger partial charge is 0.185 e. The number of rotatable bonds is 1. The van der Waals surface area contributed by atoms with Crippen LogP contribution in [-0.2, 0) is 6.54 Å². The maximum absolute atomic E-state index is 6.27. The molecule has 0 spiro atoms. The Labute approximate surface area is 143 Å². The van der Waals surface area contributed by atoms with Gasteiger partial charge >= 0.3 is 0 Å². The van der Waals surface area contributed by atoms with Crippen LogP contribution >= 0.6 is 11.6 Å². The van der Waals surface area contributed by atoms with Gasteiger partial charge in [0.1, 0.15) is 0 Å². The summed E-state index contributed by atoms with van der Waals surface area (Å²) in [5, 5.41) is 9.58. The molecule has 1 aliphatic heterocycles. The van der Waals surface area contributed by atoms with E-state index >= 15 is 0 Å². The van der Waals surface area contributed by atoms with E-state index in [2.05, 4.69) is 42.6 Å². The van der Waals surface area contributed by atoms with Gasteiger partial charge in [0.2, 0.25) is 0 Å². The van der Waals surface area contributed by atoms with Crippen molar-refractivity contribution in [2.24, 2.45) is 0 Å². The average Bonchev–Trinajstić information content (AvgIpc) is 3.21. The van der Waals surface area contributed by atoms with E-state index < -0.39 is 0 Å². The van der Waals surface area contributed by atoms with E-state index in [1.807, 2.05) is 30.3 Å². The molecule has 0 saturated carbocycles. The molecule has 0 saturated heterocycles. The Balaban J connectivity index is 1.88. The molecule has 0 unspecified atom stereocenters. The molecule has 3 aromatic heterocycles. The number of hydrogen-bond acceptors (Lipinski definition) is 3. The highest BCUT2D eigenvalue weighted by Crippen LogP contribution is 2.34. The molecule has 0 fully saturated rings. The molecule has 0 N–H and O–H groups in total. The average molecular weight is 334 g/mol. The fraction of sp³-hybridized carbons (Fsp3) is 0.0556. The van der Waals surface area contributed by atoms with Crippen molar-refractivity contribution < 1.29 is 0 Å². The van der Waals surface area contributed by atoms with Gasteiger partial charge in [-0.3, -0.25) is 9.55 Å². The minimum atomic E-state index is 0.692. The molecule has 0 amide bonds. The Morgan fingerprint density at radius 3 is 2.79 bits per heavy atom. The largest absolute Gasteiger partial charge is 0.340 e. The molecule has 0 radical (unpaired) electrons. The van der Waals surface area contributed by atoms with E-state index in [1.54, 1.807) is 12.4 Å². The first kappa shape index (κ1) is 13.5. The quantitative estimate of drug-likeness (QED) is 0.468. The van der Waals surface area contributed by atoms with Gasteiger partial charge in [0.25, 0.3) is 0 Å². The van der Waals surface area contributed by atoms with E-state index in [4.69, 9.17) is 11.6 Å². The fourth-order valence-corrected chi connectivity index (χ4v) is 3.34. The number of aromatic nitrogens is 5. The third-order valence-corrected chi connectivity index (χ3v) is 4.51. The zero-order valence-electron chi connectivity index (χ0n) is 12.6. The van der Waals surface area contributed by atoms with Crippen molar-refractivity contribution >= 4 is 11.6 Å². The Hall–Kier alpha value is -2.92. The summed E-state index contributed by atoms with van der Waals surface area (Å²) < 4.78 is 4.24. The van der Waals surface area contributed by atoms with Crippen LogP contribution < -0.4 is 0 Å². The minimum absolute atomic E-state index is 0.692. The summed E-state index contributed by atoms with van der Waals surface area (Å²) in [5.74, 6) is 1.57. The standard InChI is InChI=1S/C18H12ClN5/c19-14-6-5-13-11-23-8-2-4-15(23)18-22-21-17(24(18)16(13)9-14)12-3-1-7-20-10-12/h1-10H,11H2. The van der Waals surface area contributed by atoms with Crippen molar-refractivity contribution in [2.75, 3.05) is 0 Å². The van der Waals surface area contributed by atoms with Crippen LogP contribution in [0.4, 0.5) is 0 Å². The number of pyridine rings is 1. The molecule has 0 bridgehead atoms. The topological polar surface area (TPSA) is 48.5 Å². The van der Waals surface area contributed by atoms with Crippen LogP contribution in [0.2, 0.25) is 5.02 Å². The normalized spacial score (nSPS) is 12.2. The first-order chi connectivity index (χ1) is 11.8. The number of halogens is 1. The van der Waals surface area contributed by atoms with E-state index in [1.165, 1.54) is 5.56 Å². The molecular weight excluding hydrogens is 322 g/mol. The highest BCUT2D eigenvalue weighted by Gasteiger charge is 2.24. The lowest BCUT2D eigenvalue weighted by molar-refractivity contribution is 0.816. The van der Waals surface area contributed by atoms with Crippen LogP contribution in [0.15, 0.2) is 61.1 Å². The number of hydrogen-bond donors (Lipinski definition) is 0. The third kappa shape index (κ3) is 1.91. The summed E-state index contributed by atoms with van der Waals surface area (Å²) in [7, 11) is 0. The predicted octanol–water partition coefficient (Wildman–Crippen LogP) is 3.81. The first-order valence-electron chi connectivity index (χ1n) is 7.61. The minimum Gasteiger partial charge on any atom is -0.340 e. The maximum Gasteiger partial charge on any atom is 0.185 e. The Morgan fingerprint density at radius 1 is 1.00 bits per heavy atom.